The summed E-state index contributed by atoms with van der Waals surface area (Å²) in [5, 5.41) is 9.23. The largest absolute Gasteiger partial charge is 0.240 e. The van der Waals surface area contributed by atoms with E-state index in [2.05, 4.69) is 4.72 Å². The fourth-order valence-electron chi connectivity index (χ4n) is 2.31. The minimum Gasteiger partial charge on any atom is -0.208 e. The number of nitrogens with one attached hydrogen (secondary N) is 1. The van der Waals surface area contributed by atoms with Crippen LogP contribution in [0.1, 0.15) is 24.8 Å². The van der Waals surface area contributed by atoms with Gasteiger partial charge in [0.15, 0.2) is 0 Å². The van der Waals surface area contributed by atoms with Crippen molar-refractivity contribution in [1.82, 2.24) is 4.72 Å². The number of sulfonamides is 1. The summed E-state index contributed by atoms with van der Waals surface area (Å²) >= 11 is 1.74. The summed E-state index contributed by atoms with van der Waals surface area (Å²) in [4.78, 5) is -0.0666. The average molecular weight is 314 g/mol. The molecule has 108 valence electrons. The fourth-order valence-corrected chi connectivity index (χ4v) is 4.41. The average Bonchev–Trinajstić information content (AvgIpc) is 2.86. The van der Waals surface area contributed by atoms with Gasteiger partial charge in [-0.05, 0) is 43.7 Å². The first kappa shape index (κ1) is 15.3. The van der Waals surface area contributed by atoms with Crippen LogP contribution < -0.4 is 4.72 Å². The number of rotatable bonds is 4. The molecule has 7 heteroatoms. The number of hydrogen-bond acceptors (Lipinski definition) is 4. The molecule has 1 aromatic rings. The summed E-state index contributed by atoms with van der Waals surface area (Å²) in [6.07, 6.45) is 4.60. The van der Waals surface area contributed by atoms with E-state index in [0.717, 1.165) is 31.4 Å². The Kier molecular flexibility index (Phi) is 4.68. The van der Waals surface area contributed by atoms with E-state index in [1.807, 2.05) is 6.26 Å². The van der Waals surface area contributed by atoms with Crippen molar-refractivity contribution in [1.29, 1.82) is 5.26 Å². The van der Waals surface area contributed by atoms with Gasteiger partial charge in [0.2, 0.25) is 10.0 Å². The summed E-state index contributed by atoms with van der Waals surface area (Å²) in [6, 6.07) is 4.81. The zero-order chi connectivity index (χ0) is 14.8. The van der Waals surface area contributed by atoms with Crippen molar-refractivity contribution in [2.24, 2.45) is 0 Å². The second-order valence-corrected chi connectivity index (χ2v) is 7.59. The van der Waals surface area contributed by atoms with Gasteiger partial charge < -0.3 is 0 Å². The molecule has 0 heterocycles. The molecule has 1 fully saturated rings. The minimum absolute atomic E-state index is 0.0666. The van der Waals surface area contributed by atoms with Crippen LogP contribution in [0.5, 0.6) is 0 Å². The summed E-state index contributed by atoms with van der Waals surface area (Å²) < 4.78 is 40.3. The maximum atomic E-state index is 13.2. The standard InChI is InChI=1S/C13H15FN2O2S2/c1-19-11-3-2-10(7-11)16-20(17,18)12-4-5-13(14)9(6-12)8-15/h4-6,10-11,16H,2-3,7H2,1H3. The highest BCUT2D eigenvalue weighted by molar-refractivity contribution is 7.99. The smallest absolute Gasteiger partial charge is 0.208 e. The summed E-state index contributed by atoms with van der Waals surface area (Å²) in [5.74, 6) is -0.713. The SMILES string of the molecule is CSC1CCC(NS(=O)(=O)c2ccc(F)c(C#N)c2)C1. The molecule has 1 aliphatic carbocycles. The Hall–Kier alpha value is -1.10. The van der Waals surface area contributed by atoms with Gasteiger partial charge in [-0.1, -0.05) is 0 Å². The highest BCUT2D eigenvalue weighted by atomic mass is 32.2. The highest BCUT2D eigenvalue weighted by Gasteiger charge is 2.28. The molecule has 1 aliphatic rings. The number of halogens is 1. The normalized spacial score (nSPS) is 22.6. The molecule has 20 heavy (non-hydrogen) atoms. The molecule has 2 rings (SSSR count). The van der Waals surface area contributed by atoms with E-state index in [4.69, 9.17) is 5.26 Å². The molecule has 1 aromatic carbocycles. The van der Waals surface area contributed by atoms with Gasteiger partial charge in [-0.25, -0.2) is 17.5 Å². The van der Waals surface area contributed by atoms with E-state index < -0.39 is 15.8 Å². The van der Waals surface area contributed by atoms with Gasteiger partial charge >= 0.3 is 0 Å². The second-order valence-electron chi connectivity index (χ2n) is 4.74. The van der Waals surface area contributed by atoms with Gasteiger partial charge in [0.1, 0.15) is 11.9 Å². The van der Waals surface area contributed by atoms with Crippen LogP contribution in [0.4, 0.5) is 4.39 Å². The molecule has 0 radical (unpaired) electrons. The van der Waals surface area contributed by atoms with E-state index in [-0.39, 0.29) is 16.5 Å². The van der Waals surface area contributed by atoms with Crippen LogP contribution in [0.25, 0.3) is 0 Å². The lowest BCUT2D eigenvalue weighted by Gasteiger charge is -2.13. The third kappa shape index (κ3) is 3.32. The summed E-state index contributed by atoms with van der Waals surface area (Å²) in [5.41, 5.74) is -0.263. The fraction of sp³-hybridized carbons (Fsp3) is 0.462. The van der Waals surface area contributed by atoms with Crippen molar-refractivity contribution in [3.8, 4) is 6.07 Å². The summed E-state index contributed by atoms with van der Waals surface area (Å²) in [6.45, 7) is 0. The first-order valence-corrected chi connectivity index (χ1v) is 8.98. The van der Waals surface area contributed by atoms with Gasteiger partial charge in [-0.15, -0.1) is 0 Å². The van der Waals surface area contributed by atoms with E-state index in [9.17, 15) is 12.8 Å². The van der Waals surface area contributed by atoms with E-state index in [0.29, 0.717) is 5.25 Å². The van der Waals surface area contributed by atoms with E-state index in [1.54, 1.807) is 17.8 Å². The number of benzene rings is 1. The second kappa shape index (κ2) is 6.12. The Bertz CT molecular complexity index is 640. The minimum atomic E-state index is -3.70. The molecule has 0 amide bonds. The third-order valence-corrected chi connectivity index (χ3v) is 6.02. The predicted molar refractivity (Wildman–Crippen MR) is 76.4 cm³/mol. The highest BCUT2D eigenvalue weighted by Crippen LogP contribution is 2.29. The Balaban J connectivity index is 2.17. The van der Waals surface area contributed by atoms with Crippen molar-refractivity contribution in [3.63, 3.8) is 0 Å². The number of nitrogens with zero attached hydrogens (tertiary/aromatic N) is 1. The molecule has 1 N–H and O–H groups in total. The van der Waals surface area contributed by atoms with Crippen molar-refractivity contribution >= 4 is 21.8 Å². The summed E-state index contributed by atoms with van der Waals surface area (Å²) in [7, 11) is -3.70. The molecule has 2 unspecified atom stereocenters. The first-order chi connectivity index (χ1) is 9.46. The van der Waals surface area contributed by atoms with Gasteiger partial charge in [0, 0.05) is 11.3 Å². The molecule has 0 aliphatic heterocycles. The molecule has 0 aromatic heterocycles. The van der Waals surface area contributed by atoms with Crippen molar-refractivity contribution in [2.75, 3.05) is 6.26 Å². The molecular weight excluding hydrogens is 299 g/mol. The zero-order valence-corrected chi connectivity index (χ0v) is 12.6. The van der Waals surface area contributed by atoms with Crippen LogP contribution in [0.15, 0.2) is 23.1 Å². The lowest BCUT2D eigenvalue weighted by molar-refractivity contribution is 0.552. The Morgan fingerprint density at radius 3 is 2.80 bits per heavy atom. The zero-order valence-electron chi connectivity index (χ0n) is 11.0. The van der Waals surface area contributed by atoms with Crippen molar-refractivity contribution in [3.05, 3.63) is 29.6 Å². The first-order valence-electron chi connectivity index (χ1n) is 6.21. The molecule has 2 atom stereocenters. The van der Waals surface area contributed by atoms with Crippen LogP contribution in [0.3, 0.4) is 0 Å². The van der Waals surface area contributed by atoms with Gasteiger partial charge in [-0.3, -0.25) is 0 Å². The maximum absolute atomic E-state index is 13.2. The third-order valence-electron chi connectivity index (χ3n) is 3.41. The Morgan fingerprint density at radius 2 is 2.20 bits per heavy atom. The molecule has 4 nitrogen and oxygen atoms in total. The molecule has 0 saturated heterocycles. The quantitative estimate of drug-likeness (QED) is 0.925. The predicted octanol–water partition coefficient (Wildman–Crippen LogP) is 2.26. The van der Waals surface area contributed by atoms with Crippen molar-refractivity contribution in [2.45, 2.75) is 35.4 Å². The number of hydrogen-bond donors (Lipinski definition) is 1. The Morgan fingerprint density at radius 1 is 1.45 bits per heavy atom. The van der Waals surface area contributed by atoms with E-state index >= 15 is 0 Å². The van der Waals surface area contributed by atoms with Gasteiger partial charge in [0.25, 0.3) is 0 Å². The van der Waals surface area contributed by atoms with Crippen LogP contribution in [0, 0.1) is 17.1 Å². The van der Waals surface area contributed by atoms with Gasteiger partial charge in [-0.2, -0.15) is 17.0 Å². The molecule has 0 spiro atoms. The number of thioether (sulfide) groups is 1. The van der Waals surface area contributed by atoms with E-state index in [1.165, 1.54) is 6.07 Å². The Labute approximate surface area is 122 Å². The topological polar surface area (TPSA) is 70.0 Å². The van der Waals surface area contributed by atoms with Crippen LogP contribution in [-0.4, -0.2) is 26.0 Å². The number of nitriles is 1. The van der Waals surface area contributed by atoms with Crippen LogP contribution in [0.2, 0.25) is 0 Å². The molecule has 1 saturated carbocycles. The van der Waals surface area contributed by atoms with Gasteiger partial charge in [0.05, 0.1) is 10.5 Å². The maximum Gasteiger partial charge on any atom is 0.240 e. The molecule has 0 bridgehead atoms. The molecular formula is C13H15FN2O2S2. The lowest BCUT2D eigenvalue weighted by Crippen LogP contribution is -2.33. The van der Waals surface area contributed by atoms with Crippen LogP contribution in [-0.2, 0) is 10.0 Å². The monoisotopic (exact) mass is 314 g/mol. The van der Waals surface area contributed by atoms with Crippen LogP contribution >= 0.6 is 11.8 Å². The van der Waals surface area contributed by atoms with Crippen molar-refractivity contribution < 1.29 is 12.8 Å². The lowest BCUT2D eigenvalue weighted by atomic mass is 10.2.